The number of hydrogen-bond donors (Lipinski definition) is 0. The fourth-order valence-electron chi connectivity index (χ4n) is 7.40. The average Bonchev–Trinajstić information content (AvgIpc) is 3.91. The Morgan fingerprint density at radius 1 is 0.684 bits per heavy atom. The Kier molecular flexibility index (Phi) is 16.9. The summed E-state index contributed by atoms with van der Waals surface area (Å²) in [5.41, 5.74) is 3.84. The van der Waals surface area contributed by atoms with Crippen LogP contribution < -0.4 is 5.46 Å². The third-order valence-electron chi connectivity index (χ3n) is 12.2. The van der Waals surface area contributed by atoms with Gasteiger partial charge in [0.15, 0.2) is 0 Å². The van der Waals surface area contributed by atoms with Crippen molar-refractivity contribution in [3.05, 3.63) is 39.4 Å². The summed E-state index contributed by atoms with van der Waals surface area (Å²) in [4.78, 5) is 27.9. The van der Waals surface area contributed by atoms with Gasteiger partial charge in [-0.2, -0.15) is 0 Å². The molecule has 3 fully saturated rings. The lowest BCUT2D eigenvalue weighted by Gasteiger charge is -2.32. The second kappa shape index (κ2) is 19.5. The molecular formula is C43H75B2BrN4O7. The van der Waals surface area contributed by atoms with Crippen LogP contribution in [0.2, 0.25) is 6.32 Å². The van der Waals surface area contributed by atoms with Crippen molar-refractivity contribution >= 4 is 47.4 Å². The fraction of sp³-hybridized carbons (Fsp3) is 0.767. The zero-order chi connectivity index (χ0) is 42.0. The first-order chi connectivity index (χ1) is 26.0. The van der Waals surface area contributed by atoms with E-state index in [1.807, 2.05) is 26.2 Å². The minimum atomic E-state index is -0.423. The van der Waals surface area contributed by atoms with Gasteiger partial charge < -0.3 is 42.3 Å². The highest BCUT2D eigenvalue weighted by molar-refractivity contribution is 9.10. The number of fused-ring (bicyclic) bond motifs is 2. The van der Waals surface area contributed by atoms with Crippen LogP contribution in [-0.2, 0) is 36.4 Å². The summed E-state index contributed by atoms with van der Waals surface area (Å²) in [6, 6.07) is 3.91. The SMILES string of the molecule is C.C1CCOC1.CC(C)c1c(B2OC(C)(C)C(C)(C)O2)cc2n1CCN(C)C2=O.CC(C)c1c(Br)cc2n1CCN(C)C2=O.CCCCB1OC(C)(C)C(C)(C)O1. The van der Waals surface area contributed by atoms with E-state index in [9.17, 15) is 9.59 Å². The zero-order valence-electron chi connectivity index (χ0n) is 37.3. The molecule has 5 aliphatic heterocycles. The van der Waals surface area contributed by atoms with Crippen molar-refractivity contribution in [3.8, 4) is 0 Å². The molecule has 14 heteroatoms. The Morgan fingerprint density at radius 3 is 1.51 bits per heavy atom. The summed E-state index contributed by atoms with van der Waals surface area (Å²) in [5.74, 6) is 0.924. The highest BCUT2D eigenvalue weighted by atomic mass is 79.9. The van der Waals surface area contributed by atoms with Gasteiger partial charge in [0.05, 0.1) is 22.4 Å². The molecule has 0 saturated carbocycles. The molecule has 0 spiro atoms. The highest BCUT2D eigenvalue weighted by Crippen LogP contribution is 2.39. The Balaban J connectivity index is 0.000000222. The number of carbonyl (C=O) groups excluding carboxylic acids is 2. The predicted molar refractivity (Wildman–Crippen MR) is 237 cm³/mol. The van der Waals surface area contributed by atoms with Crippen molar-refractivity contribution in [2.24, 2.45) is 0 Å². The van der Waals surface area contributed by atoms with E-state index in [-0.39, 0.29) is 48.8 Å². The van der Waals surface area contributed by atoms with E-state index >= 15 is 0 Å². The molecule has 57 heavy (non-hydrogen) atoms. The van der Waals surface area contributed by atoms with E-state index in [2.05, 4.69) is 115 Å². The van der Waals surface area contributed by atoms with Crippen LogP contribution in [0.4, 0.5) is 0 Å². The molecule has 0 bridgehead atoms. The van der Waals surface area contributed by atoms with Crippen molar-refractivity contribution in [2.75, 3.05) is 40.4 Å². The first-order valence-electron chi connectivity index (χ1n) is 20.9. The minimum Gasteiger partial charge on any atom is -0.403 e. The number of halogens is 1. The normalized spacial score (nSPS) is 21.3. The van der Waals surface area contributed by atoms with Gasteiger partial charge in [0, 0.05) is 74.8 Å². The summed E-state index contributed by atoms with van der Waals surface area (Å²) in [6.45, 7) is 32.6. The number of nitrogens with zero attached hydrogens (tertiary/aromatic N) is 4. The lowest BCUT2D eigenvalue weighted by atomic mass is 9.77. The van der Waals surface area contributed by atoms with E-state index in [1.165, 1.54) is 31.4 Å². The summed E-state index contributed by atoms with van der Waals surface area (Å²) in [7, 11) is 3.28. The van der Waals surface area contributed by atoms with Crippen molar-refractivity contribution < 1.29 is 32.9 Å². The zero-order valence-corrected chi connectivity index (χ0v) is 38.9. The molecule has 322 valence electrons. The molecule has 2 aromatic heterocycles. The molecule has 7 heterocycles. The molecule has 0 unspecified atom stereocenters. The number of unbranched alkanes of at least 4 members (excludes halogenated alkanes) is 1. The van der Waals surface area contributed by atoms with Gasteiger partial charge in [0.2, 0.25) is 0 Å². The van der Waals surface area contributed by atoms with Crippen LogP contribution in [-0.4, -0.2) is 108 Å². The van der Waals surface area contributed by atoms with Crippen LogP contribution in [0.15, 0.2) is 16.6 Å². The Morgan fingerprint density at radius 2 is 1.11 bits per heavy atom. The van der Waals surface area contributed by atoms with Crippen LogP contribution in [0.25, 0.3) is 0 Å². The molecule has 2 amide bonds. The smallest absolute Gasteiger partial charge is 0.403 e. The maximum Gasteiger partial charge on any atom is 0.496 e. The predicted octanol–water partition coefficient (Wildman–Crippen LogP) is 8.77. The number of carbonyl (C=O) groups is 2. The summed E-state index contributed by atoms with van der Waals surface area (Å²) < 4.78 is 34.4. The summed E-state index contributed by atoms with van der Waals surface area (Å²) in [6.07, 6.45) is 5.95. The lowest BCUT2D eigenvalue weighted by molar-refractivity contribution is 0.00578. The summed E-state index contributed by atoms with van der Waals surface area (Å²) >= 11 is 3.53. The van der Waals surface area contributed by atoms with Crippen LogP contribution in [0.3, 0.4) is 0 Å². The number of ether oxygens (including phenoxy) is 1. The number of hydrogen-bond acceptors (Lipinski definition) is 7. The molecule has 0 N–H and O–H groups in total. The molecule has 5 aliphatic rings. The van der Waals surface area contributed by atoms with Crippen LogP contribution >= 0.6 is 15.9 Å². The number of rotatable bonds is 6. The van der Waals surface area contributed by atoms with Crippen LogP contribution in [0.1, 0.15) is 167 Å². The lowest BCUT2D eigenvalue weighted by Crippen LogP contribution is -2.41. The fourth-order valence-corrected chi connectivity index (χ4v) is 8.29. The van der Waals surface area contributed by atoms with Gasteiger partial charge in [-0.25, -0.2) is 0 Å². The highest BCUT2D eigenvalue weighted by Gasteiger charge is 2.53. The molecule has 2 aromatic rings. The van der Waals surface area contributed by atoms with E-state index in [4.69, 9.17) is 23.4 Å². The standard InChI is InChI=1S/C17H27BN2O3.C11H15BrN2O.C10H21BO2.C4H8O.CH4/c1-11(2)14-12(18-22-16(3,4)17(5,6)23-18)10-13-15(21)19(7)8-9-20(13)14;1-7(2)10-8(12)6-9-11(15)13(3)4-5-14(9)10;1-6-7-8-11-12-9(2,3)10(4,5)13-11;1-2-4-5-3-1;/h10-11H,8-9H2,1-7H3;6-7H,4-5H2,1-3H3;6-8H2,1-5H3;1-4H2;1H4. The van der Waals surface area contributed by atoms with Crippen molar-refractivity contribution in [3.63, 3.8) is 0 Å². The van der Waals surface area contributed by atoms with E-state index in [1.54, 1.807) is 9.80 Å². The van der Waals surface area contributed by atoms with Crippen molar-refractivity contribution in [1.82, 2.24) is 18.9 Å². The monoisotopic (exact) mass is 861 g/mol. The van der Waals surface area contributed by atoms with Crippen LogP contribution in [0.5, 0.6) is 0 Å². The van der Waals surface area contributed by atoms with Gasteiger partial charge in [0.25, 0.3) is 11.8 Å². The van der Waals surface area contributed by atoms with E-state index in [0.29, 0.717) is 11.8 Å². The molecule has 0 atom stereocenters. The molecule has 0 aromatic carbocycles. The maximum atomic E-state index is 12.5. The van der Waals surface area contributed by atoms with Gasteiger partial charge in [-0.15, -0.1) is 0 Å². The molecular weight excluding hydrogens is 786 g/mol. The Labute approximate surface area is 354 Å². The topological polar surface area (TPSA) is 96.6 Å². The molecule has 0 radical (unpaired) electrons. The third-order valence-corrected chi connectivity index (χ3v) is 12.9. The van der Waals surface area contributed by atoms with Gasteiger partial charge in [-0.1, -0.05) is 54.9 Å². The number of likely N-dealkylation sites (N-methyl/N-ethyl adjacent to an activating group) is 2. The van der Waals surface area contributed by atoms with Gasteiger partial charge >= 0.3 is 14.2 Å². The van der Waals surface area contributed by atoms with Gasteiger partial charge in [-0.05, 0) is 114 Å². The molecule has 3 saturated heterocycles. The first kappa shape index (κ1) is 49.3. The van der Waals surface area contributed by atoms with Gasteiger partial charge in [-0.3, -0.25) is 9.59 Å². The van der Waals surface area contributed by atoms with Gasteiger partial charge in [0.1, 0.15) is 11.4 Å². The molecule has 11 nitrogen and oxygen atoms in total. The average molecular weight is 862 g/mol. The quantitative estimate of drug-likeness (QED) is 0.268. The third kappa shape index (κ3) is 11.0. The minimum absolute atomic E-state index is 0. The number of amides is 2. The maximum absolute atomic E-state index is 12.5. The second-order valence-corrected chi connectivity index (χ2v) is 19.3. The van der Waals surface area contributed by atoms with Crippen molar-refractivity contribution in [2.45, 2.75) is 177 Å². The van der Waals surface area contributed by atoms with E-state index < -0.39 is 7.12 Å². The molecule has 7 rings (SSSR count). The largest absolute Gasteiger partial charge is 0.496 e. The first-order valence-corrected chi connectivity index (χ1v) is 21.7. The second-order valence-electron chi connectivity index (χ2n) is 18.4. The Hall–Kier alpha value is -2.09. The molecule has 0 aliphatic carbocycles. The number of aromatic nitrogens is 2. The summed E-state index contributed by atoms with van der Waals surface area (Å²) in [5, 5.41) is 0. The Bertz CT molecular complexity index is 1620. The van der Waals surface area contributed by atoms with Crippen molar-refractivity contribution in [1.29, 1.82) is 0 Å². The van der Waals surface area contributed by atoms with Crippen LogP contribution in [0, 0.1) is 0 Å². The van der Waals surface area contributed by atoms with E-state index in [0.717, 1.165) is 72.7 Å².